The number of aryl methyl sites for hydroxylation is 1. The van der Waals surface area contributed by atoms with Gasteiger partial charge in [0.25, 0.3) is 5.91 Å². The van der Waals surface area contributed by atoms with E-state index in [-0.39, 0.29) is 17.9 Å². The third-order valence-electron chi connectivity index (χ3n) is 5.19. The monoisotopic (exact) mass is 404 g/mol. The Morgan fingerprint density at radius 3 is 2.82 bits per heavy atom. The first-order valence-electron chi connectivity index (χ1n) is 9.28. The number of ether oxygens (including phenoxy) is 1. The Bertz CT molecular complexity index is 867. The van der Waals surface area contributed by atoms with Gasteiger partial charge in [-0.3, -0.25) is 9.59 Å². The van der Waals surface area contributed by atoms with Crippen LogP contribution in [0, 0.1) is 6.92 Å². The SMILES string of the molecule is COc1ccc(Cl)cc1C(=O)N1CCC(N(CCn2ccnc2C)C(C)=O)C1. The molecule has 1 aromatic carbocycles. The van der Waals surface area contributed by atoms with E-state index in [1.54, 1.807) is 36.2 Å². The standard InChI is InChI=1S/C20H25ClN4O3/c1-14-22-7-9-23(14)10-11-25(15(2)26)17-6-8-24(13-17)20(27)18-12-16(21)4-5-19(18)28-3/h4-5,7,9,12,17H,6,8,10-11,13H2,1-3H3. The maximum Gasteiger partial charge on any atom is 0.257 e. The molecule has 0 radical (unpaired) electrons. The highest BCUT2D eigenvalue weighted by Gasteiger charge is 2.33. The Labute approximate surface area is 169 Å². The second kappa shape index (κ2) is 8.65. The van der Waals surface area contributed by atoms with Crippen LogP contribution in [-0.2, 0) is 11.3 Å². The average molecular weight is 405 g/mol. The Kier molecular flexibility index (Phi) is 6.24. The van der Waals surface area contributed by atoms with E-state index in [0.717, 1.165) is 12.2 Å². The van der Waals surface area contributed by atoms with E-state index in [0.29, 0.717) is 42.5 Å². The molecule has 1 aromatic heterocycles. The Balaban J connectivity index is 1.68. The number of rotatable bonds is 6. The average Bonchev–Trinajstić information content (AvgIpc) is 3.31. The fourth-order valence-corrected chi connectivity index (χ4v) is 3.82. The quantitative estimate of drug-likeness (QED) is 0.742. The molecule has 2 amide bonds. The lowest BCUT2D eigenvalue weighted by molar-refractivity contribution is -0.131. The van der Waals surface area contributed by atoms with Crippen molar-refractivity contribution in [2.75, 3.05) is 26.7 Å². The molecule has 2 aromatic rings. The number of benzene rings is 1. The second-order valence-corrected chi connectivity index (χ2v) is 7.35. The summed E-state index contributed by atoms with van der Waals surface area (Å²) < 4.78 is 7.32. The fourth-order valence-electron chi connectivity index (χ4n) is 3.65. The number of aromatic nitrogens is 2. The zero-order chi connectivity index (χ0) is 20.3. The Morgan fingerprint density at radius 2 is 2.18 bits per heavy atom. The topological polar surface area (TPSA) is 67.7 Å². The molecule has 2 heterocycles. The van der Waals surface area contributed by atoms with Crippen LogP contribution in [0.1, 0.15) is 29.5 Å². The minimum absolute atomic E-state index is 0.00421. The van der Waals surface area contributed by atoms with Gasteiger partial charge in [0.1, 0.15) is 11.6 Å². The van der Waals surface area contributed by atoms with Crippen molar-refractivity contribution in [3.05, 3.63) is 47.0 Å². The van der Waals surface area contributed by atoms with Crippen molar-refractivity contribution in [3.8, 4) is 5.75 Å². The van der Waals surface area contributed by atoms with Crippen molar-refractivity contribution < 1.29 is 14.3 Å². The molecule has 28 heavy (non-hydrogen) atoms. The maximum absolute atomic E-state index is 13.0. The molecule has 0 aliphatic carbocycles. The van der Waals surface area contributed by atoms with Crippen LogP contribution in [-0.4, -0.2) is 64.0 Å². The zero-order valence-corrected chi connectivity index (χ0v) is 17.1. The summed E-state index contributed by atoms with van der Waals surface area (Å²) in [6.07, 6.45) is 4.41. The lowest BCUT2D eigenvalue weighted by Crippen LogP contribution is -2.43. The summed E-state index contributed by atoms with van der Waals surface area (Å²) in [5.74, 6) is 1.30. The van der Waals surface area contributed by atoms with Gasteiger partial charge in [-0.25, -0.2) is 4.98 Å². The van der Waals surface area contributed by atoms with E-state index < -0.39 is 0 Å². The van der Waals surface area contributed by atoms with E-state index in [2.05, 4.69) is 4.98 Å². The van der Waals surface area contributed by atoms with Crippen LogP contribution < -0.4 is 4.74 Å². The third kappa shape index (κ3) is 4.30. The largest absolute Gasteiger partial charge is 0.496 e. The zero-order valence-electron chi connectivity index (χ0n) is 16.4. The van der Waals surface area contributed by atoms with E-state index in [1.807, 2.05) is 22.6 Å². The van der Waals surface area contributed by atoms with E-state index >= 15 is 0 Å². The van der Waals surface area contributed by atoms with Gasteiger partial charge in [-0.2, -0.15) is 0 Å². The maximum atomic E-state index is 13.0. The van der Waals surface area contributed by atoms with Crippen molar-refractivity contribution in [1.29, 1.82) is 0 Å². The molecule has 1 atom stereocenters. The number of methoxy groups -OCH3 is 1. The fraction of sp³-hybridized carbons (Fsp3) is 0.450. The van der Waals surface area contributed by atoms with E-state index in [4.69, 9.17) is 16.3 Å². The number of halogens is 1. The number of nitrogens with zero attached hydrogens (tertiary/aromatic N) is 4. The summed E-state index contributed by atoms with van der Waals surface area (Å²) in [6, 6.07) is 5.01. The minimum Gasteiger partial charge on any atom is -0.496 e. The molecule has 0 N–H and O–H groups in total. The van der Waals surface area contributed by atoms with Crippen molar-refractivity contribution in [2.45, 2.75) is 32.9 Å². The molecule has 0 bridgehead atoms. The third-order valence-corrected chi connectivity index (χ3v) is 5.43. The van der Waals surface area contributed by atoms with Gasteiger partial charge in [0.15, 0.2) is 0 Å². The summed E-state index contributed by atoms with van der Waals surface area (Å²) in [7, 11) is 1.53. The van der Waals surface area contributed by atoms with Crippen LogP contribution in [0.2, 0.25) is 5.02 Å². The minimum atomic E-state index is -0.129. The first kappa shape index (κ1) is 20.2. The molecule has 1 fully saturated rings. The van der Waals surface area contributed by atoms with Gasteiger partial charge in [-0.1, -0.05) is 11.6 Å². The first-order chi connectivity index (χ1) is 13.4. The Hall–Kier alpha value is -2.54. The molecule has 8 heteroatoms. The number of carbonyl (C=O) groups excluding carboxylic acids is 2. The molecule has 150 valence electrons. The molecule has 1 aliphatic heterocycles. The van der Waals surface area contributed by atoms with Crippen molar-refractivity contribution in [1.82, 2.24) is 19.4 Å². The second-order valence-electron chi connectivity index (χ2n) is 6.92. The lowest BCUT2D eigenvalue weighted by Gasteiger charge is -2.28. The highest BCUT2D eigenvalue weighted by Crippen LogP contribution is 2.26. The van der Waals surface area contributed by atoms with Crippen molar-refractivity contribution in [2.24, 2.45) is 0 Å². The molecule has 1 aliphatic rings. The number of carbonyl (C=O) groups is 2. The predicted octanol–water partition coefficient (Wildman–Crippen LogP) is 2.62. The first-order valence-corrected chi connectivity index (χ1v) is 9.66. The number of likely N-dealkylation sites (tertiary alicyclic amines) is 1. The van der Waals surface area contributed by atoms with Gasteiger partial charge in [0, 0.05) is 50.5 Å². The summed E-state index contributed by atoms with van der Waals surface area (Å²) >= 11 is 6.06. The van der Waals surface area contributed by atoms with Gasteiger partial charge >= 0.3 is 0 Å². The van der Waals surface area contributed by atoms with Crippen LogP contribution in [0.4, 0.5) is 0 Å². The van der Waals surface area contributed by atoms with E-state index in [9.17, 15) is 9.59 Å². The number of hydrogen-bond donors (Lipinski definition) is 0. The normalized spacial score (nSPS) is 16.3. The Morgan fingerprint density at radius 1 is 1.39 bits per heavy atom. The van der Waals surface area contributed by atoms with Crippen LogP contribution in [0.3, 0.4) is 0 Å². The van der Waals surface area contributed by atoms with Crippen LogP contribution in [0.5, 0.6) is 5.75 Å². The highest BCUT2D eigenvalue weighted by molar-refractivity contribution is 6.31. The summed E-state index contributed by atoms with van der Waals surface area (Å²) in [6.45, 7) is 5.86. The molecule has 1 unspecified atom stereocenters. The van der Waals surface area contributed by atoms with Crippen molar-refractivity contribution >= 4 is 23.4 Å². The van der Waals surface area contributed by atoms with Crippen LogP contribution in [0.25, 0.3) is 0 Å². The smallest absolute Gasteiger partial charge is 0.257 e. The van der Waals surface area contributed by atoms with Gasteiger partial charge in [0.05, 0.1) is 18.7 Å². The number of amides is 2. The summed E-state index contributed by atoms with van der Waals surface area (Å²) in [5, 5.41) is 0.487. The molecule has 1 saturated heterocycles. The highest BCUT2D eigenvalue weighted by atomic mass is 35.5. The summed E-state index contributed by atoms with van der Waals surface area (Å²) in [4.78, 5) is 33.0. The lowest BCUT2D eigenvalue weighted by atomic mass is 10.1. The molecule has 0 spiro atoms. The molecular weight excluding hydrogens is 380 g/mol. The van der Waals surface area contributed by atoms with Gasteiger partial charge in [-0.15, -0.1) is 0 Å². The molecule has 3 rings (SSSR count). The van der Waals surface area contributed by atoms with Gasteiger partial charge in [0.2, 0.25) is 5.91 Å². The summed E-state index contributed by atoms with van der Waals surface area (Å²) in [5.41, 5.74) is 0.444. The molecular formula is C20H25ClN4O3. The molecule has 0 saturated carbocycles. The number of imidazole rings is 1. The van der Waals surface area contributed by atoms with Gasteiger partial charge < -0.3 is 19.1 Å². The number of hydrogen-bond acceptors (Lipinski definition) is 4. The van der Waals surface area contributed by atoms with Crippen molar-refractivity contribution in [3.63, 3.8) is 0 Å². The van der Waals surface area contributed by atoms with Crippen LogP contribution in [0.15, 0.2) is 30.6 Å². The predicted molar refractivity (Wildman–Crippen MR) is 107 cm³/mol. The van der Waals surface area contributed by atoms with Gasteiger partial charge in [-0.05, 0) is 31.5 Å². The van der Waals surface area contributed by atoms with Crippen LogP contribution >= 0.6 is 11.6 Å². The molecule has 7 nitrogen and oxygen atoms in total. The van der Waals surface area contributed by atoms with E-state index in [1.165, 1.54) is 7.11 Å².